The molecule has 0 amide bonds. The summed E-state index contributed by atoms with van der Waals surface area (Å²) in [5.74, 6) is 1.64. The van der Waals surface area contributed by atoms with E-state index in [4.69, 9.17) is 0 Å². The third-order valence-corrected chi connectivity index (χ3v) is 5.55. The highest BCUT2D eigenvalue weighted by atomic mass is 79.9. The summed E-state index contributed by atoms with van der Waals surface area (Å²) in [5.41, 5.74) is 3.11. The maximum Gasteiger partial charge on any atom is 0.0381 e. The van der Waals surface area contributed by atoms with Gasteiger partial charge < -0.3 is 5.32 Å². The van der Waals surface area contributed by atoms with E-state index in [1.54, 1.807) is 0 Å². The van der Waals surface area contributed by atoms with Crippen molar-refractivity contribution < 1.29 is 0 Å². The number of benzene rings is 1. The van der Waals surface area contributed by atoms with Crippen LogP contribution < -0.4 is 5.32 Å². The fourth-order valence-corrected chi connectivity index (χ4v) is 4.34. The lowest BCUT2D eigenvalue weighted by Crippen LogP contribution is -2.48. The fraction of sp³-hybridized carbons (Fsp3) is 0.625. The Morgan fingerprint density at radius 1 is 1.28 bits per heavy atom. The lowest BCUT2D eigenvalue weighted by Gasteiger charge is -2.50. The van der Waals surface area contributed by atoms with Crippen LogP contribution in [0.25, 0.3) is 0 Å². The van der Waals surface area contributed by atoms with Gasteiger partial charge in [-0.15, -0.1) is 0 Å². The van der Waals surface area contributed by atoms with Gasteiger partial charge in [0.25, 0.3) is 0 Å². The second-order valence-electron chi connectivity index (χ2n) is 6.69. The van der Waals surface area contributed by atoms with Crippen LogP contribution >= 0.6 is 15.9 Å². The Balaban J connectivity index is 2.04. The first-order valence-electron chi connectivity index (χ1n) is 7.05. The molecular formula is C16H22BrN. The summed E-state index contributed by atoms with van der Waals surface area (Å²) in [6, 6.07) is 7.35. The molecular weight excluding hydrogens is 286 g/mol. The van der Waals surface area contributed by atoms with Crippen LogP contribution in [-0.4, -0.2) is 6.04 Å². The SMILES string of the molecule is CC1CC[C@@H]2[C@@H](C1)Nc1ccc(Br)cc1C2(C)C. The molecule has 3 rings (SSSR count). The molecule has 0 spiro atoms. The monoisotopic (exact) mass is 307 g/mol. The molecule has 1 saturated carbocycles. The van der Waals surface area contributed by atoms with Crippen LogP contribution in [0.5, 0.6) is 0 Å². The molecule has 1 aromatic rings. The third kappa shape index (κ3) is 1.89. The molecule has 1 aliphatic carbocycles. The molecule has 18 heavy (non-hydrogen) atoms. The molecule has 1 fully saturated rings. The van der Waals surface area contributed by atoms with Crippen LogP contribution in [0.15, 0.2) is 22.7 Å². The first-order chi connectivity index (χ1) is 8.48. The molecule has 1 heterocycles. The zero-order valence-corrected chi connectivity index (χ0v) is 13.0. The minimum Gasteiger partial charge on any atom is -0.382 e. The predicted octanol–water partition coefficient (Wildman–Crippen LogP) is 4.96. The Kier molecular flexibility index (Phi) is 2.97. The minimum absolute atomic E-state index is 0.287. The maximum absolute atomic E-state index is 3.79. The highest BCUT2D eigenvalue weighted by Crippen LogP contribution is 2.49. The van der Waals surface area contributed by atoms with Gasteiger partial charge in [-0.05, 0) is 53.9 Å². The van der Waals surface area contributed by atoms with E-state index in [1.165, 1.54) is 35.0 Å². The number of hydrogen-bond acceptors (Lipinski definition) is 1. The van der Waals surface area contributed by atoms with Gasteiger partial charge in [0.2, 0.25) is 0 Å². The van der Waals surface area contributed by atoms with Crippen LogP contribution in [0.4, 0.5) is 5.69 Å². The van der Waals surface area contributed by atoms with E-state index in [0.717, 1.165) is 11.8 Å². The Hall–Kier alpha value is -0.500. The summed E-state index contributed by atoms with van der Waals surface area (Å²) in [4.78, 5) is 0. The molecule has 0 saturated heterocycles. The zero-order valence-electron chi connectivity index (χ0n) is 11.5. The predicted molar refractivity (Wildman–Crippen MR) is 81.1 cm³/mol. The summed E-state index contributed by atoms with van der Waals surface area (Å²) in [6.45, 7) is 7.24. The van der Waals surface area contributed by atoms with Crippen LogP contribution in [0.2, 0.25) is 0 Å². The zero-order chi connectivity index (χ0) is 12.9. The molecule has 98 valence electrons. The summed E-state index contributed by atoms with van der Waals surface area (Å²) in [6.07, 6.45) is 4.07. The van der Waals surface area contributed by atoms with Crippen molar-refractivity contribution >= 4 is 21.6 Å². The first-order valence-corrected chi connectivity index (χ1v) is 7.84. The van der Waals surface area contributed by atoms with Gasteiger partial charge in [0.1, 0.15) is 0 Å². The molecule has 0 bridgehead atoms. The minimum atomic E-state index is 0.287. The molecule has 2 heteroatoms. The van der Waals surface area contributed by atoms with Gasteiger partial charge in [-0.2, -0.15) is 0 Å². The highest BCUT2D eigenvalue weighted by Gasteiger charge is 2.44. The average molecular weight is 308 g/mol. The number of hydrogen-bond donors (Lipinski definition) is 1. The summed E-state index contributed by atoms with van der Waals surface area (Å²) < 4.78 is 1.19. The molecule has 3 atom stereocenters. The molecule has 1 N–H and O–H groups in total. The Labute approximate surface area is 118 Å². The summed E-state index contributed by atoms with van der Waals surface area (Å²) in [7, 11) is 0. The molecule has 0 aromatic heterocycles. The van der Waals surface area contributed by atoms with E-state index >= 15 is 0 Å². The quantitative estimate of drug-likeness (QED) is 0.714. The van der Waals surface area contributed by atoms with Gasteiger partial charge in [0.05, 0.1) is 0 Å². The van der Waals surface area contributed by atoms with Gasteiger partial charge >= 0.3 is 0 Å². The third-order valence-electron chi connectivity index (χ3n) is 5.06. The van der Waals surface area contributed by atoms with E-state index in [-0.39, 0.29) is 5.41 Å². The highest BCUT2D eigenvalue weighted by molar-refractivity contribution is 9.10. The Morgan fingerprint density at radius 3 is 2.83 bits per heavy atom. The van der Waals surface area contributed by atoms with Crippen molar-refractivity contribution in [2.24, 2.45) is 11.8 Å². The second kappa shape index (κ2) is 4.26. The van der Waals surface area contributed by atoms with Crippen molar-refractivity contribution in [3.05, 3.63) is 28.2 Å². The molecule has 1 aliphatic heterocycles. The van der Waals surface area contributed by atoms with E-state index in [1.807, 2.05) is 0 Å². The van der Waals surface area contributed by atoms with Crippen LogP contribution in [0, 0.1) is 11.8 Å². The second-order valence-corrected chi connectivity index (χ2v) is 7.60. The first kappa shape index (κ1) is 12.5. The lowest BCUT2D eigenvalue weighted by atomic mass is 9.61. The van der Waals surface area contributed by atoms with Gasteiger partial charge in [-0.3, -0.25) is 0 Å². The molecule has 1 unspecified atom stereocenters. The Bertz CT molecular complexity index is 466. The van der Waals surface area contributed by atoms with Crippen molar-refractivity contribution in [2.75, 3.05) is 5.32 Å². The summed E-state index contributed by atoms with van der Waals surface area (Å²) >= 11 is 3.61. The van der Waals surface area contributed by atoms with Crippen LogP contribution in [0.3, 0.4) is 0 Å². The van der Waals surface area contributed by atoms with E-state index in [2.05, 4.69) is 60.2 Å². The fourth-order valence-electron chi connectivity index (χ4n) is 3.98. The molecule has 1 aromatic carbocycles. The van der Waals surface area contributed by atoms with Gasteiger partial charge in [0.15, 0.2) is 0 Å². The lowest BCUT2D eigenvalue weighted by molar-refractivity contribution is 0.174. The Morgan fingerprint density at radius 2 is 2.06 bits per heavy atom. The van der Waals surface area contributed by atoms with Crippen molar-refractivity contribution in [1.82, 2.24) is 0 Å². The number of rotatable bonds is 0. The standard InChI is InChI=1S/C16H22BrN/c1-10-4-6-12-15(8-10)18-14-7-5-11(17)9-13(14)16(12,2)3/h5,7,9-10,12,15,18H,4,6,8H2,1-3H3/t10?,12-,15-/m1/s1. The van der Waals surface area contributed by atoms with Crippen molar-refractivity contribution in [3.63, 3.8) is 0 Å². The maximum atomic E-state index is 3.79. The van der Waals surface area contributed by atoms with E-state index < -0.39 is 0 Å². The topological polar surface area (TPSA) is 12.0 Å². The van der Waals surface area contributed by atoms with E-state index in [0.29, 0.717) is 6.04 Å². The van der Waals surface area contributed by atoms with Crippen molar-refractivity contribution in [1.29, 1.82) is 0 Å². The molecule has 1 nitrogen and oxygen atoms in total. The smallest absolute Gasteiger partial charge is 0.0381 e. The molecule has 0 radical (unpaired) electrons. The number of fused-ring (bicyclic) bond motifs is 2. The van der Waals surface area contributed by atoms with Gasteiger partial charge in [-0.25, -0.2) is 0 Å². The van der Waals surface area contributed by atoms with Crippen LogP contribution in [-0.2, 0) is 5.41 Å². The normalized spacial score (nSPS) is 33.2. The summed E-state index contributed by atoms with van der Waals surface area (Å²) in [5, 5.41) is 3.79. The van der Waals surface area contributed by atoms with Gasteiger partial charge in [0, 0.05) is 16.2 Å². The number of anilines is 1. The number of nitrogens with one attached hydrogen (secondary N) is 1. The molecule has 2 aliphatic rings. The average Bonchev–Trinajstić information content (AvgIpc) is 2.30. The van der Waals surface area contributed by atoms with Gasteiger partial charge in [-0.1, -0.05) is 43.1 Å². The van der Waals surface area contributed by atoms with Crippen LogP contribution in [0.1, 0.15) is 45.6 Å². The van der Waals surface area contributed by atoms with E-state index in [9.17, 15) is 0 Å². The van der Waals surface area contributed by atoms with Crippen molar-refractivity contribution in [2.45, 2.75) is 51.5 Å². The van der Waals surface area contributed by atoms with Crippen molar-refractivity contribution in [3.8, 4) is 0 Å². The largest absolute Gasteiger partial charge is 0.382 e. The number of halogens is 1.